The molecule has 0 aliphatic carbocycles. The molecule has 0 heterocycles. The average molecular weight is 407 g/mol. The predicted octanol–water partition coefficient (Wildman–Crippen LogP) is 8.39. The first-order valence-electron chi connectivity index (χ1n) is 12.4. The molecule has 0 amide bonds. The summed E-state index contributed by atoms with van der Waals surface area (Å²) < 4.78 is 0. The summed E-state index contributed by atoms with van der Waals surface area (Å²) in [4.78, 5) is 0. The van der Waals surface area contributed by atoms with Crippen LogP contribution in [-0.4, -0.2) is 15.3 Å². The fourth-order valence-corrected chi connectivity index (χ4v) is 4.03. The maximum atomic E-state index is 9.81. The molecule has 0 atom stereocenters. The van der Waals surface area contributed by atoms with Crippen LogP contribution >= 0.6 is 0 Å². The fourth-order valence-electron chi connectivity index (χ4n) is 4.03. The second kappa shape index (κ2) is 17.5. The molecule has 0 radical (unpaired) electrons. The van der Waals surface area contributed by atoms with Crippen molar-refractivity contribution >= 4 is 0 Å². The van der Waals surface area contributed by atoms with Crippen LogP contribution in [0.3, 0.4) is 0 Å². The molecule has 3 heteroatoms. The quantitative estimate of drug-likeness (QED) is 0.160. The maximum absolute atomic E-state index is 9.81. The van der Waals surface area contributed by atoms with Crippen LogP contribution in [-0.2, 0) is 6.42 Å². The van der Waals surface area contributed by atoms with Gasteiger partial charge in [0.25, 0.3) is 0 Å². The van der Waals surface area contributed by atoms with E-state index in [0.29, 0.717) is 0 Å². The van der Waals surface area contributed by atoms with Crippen molar-refractivity contribution in [1.82, 2.24) is 0 Å². The summed E-state index contributed by atoms with van der Waals surface area (Å²) in [5.41, 5.74) is 0.719. The summed E-state index contributed by atoms with van der Waals surface area (Å²) in [5.74, 6) is -0.828. The molecule has 0 saturated heterocycles. The number of unbranched alkanes of at least 4 members (excludes halogenated alkanes) is 17. The second-order valence-corrected chi connectivity index (χ2v) is 8.70. The van der Waals surface area contributed by atoms with Crippen LogP contribution in [0, 0.1) is 0 Å². The Morgan fingerprint density at radius 3 is 1.28 bits per heavy atom. The minimum absolute atomic E-state index is 0.169. The molecule has 168 valence electrons. The van der Waals surface area contributed by atoms with Gasteiger partial charge < -0.3 is 15.3 Å². The molecule has 0 aromatic heterocycles. The molecular weight excluding hydrogens is 360 g/mol. The Bertz CT molecular complexity index is 513. The number of benzene rings is 1. The molecule has 0 fully saturated rings. The Balaban J connectivity index is 1.81. The lowest BCUT2D eigenvalue weighted by Gasteiger charge is -2.07. The fraction of sp³-hybridized carbons (Fsp3) is 0.769. The minimum atomic E-state index is -0.398. The van der Waals surface area contributed by atoms with Crippen LogP contribution in [0.4, 0.5) is 0 Å². The van der Waals surface area contributed by atoms with E-state index in [2.05, 4.69) is 6.92 Å². The number of rotatable bonds is 19. The van der Waals surface area contributed by atoms with Gasteiger partial charge >= 0.3 is 0 Å². The lowest BCUT2D eigenvalue weighted by atomic mass is 10.0. The first-order chi connectivity index (χ1) is 14.2. The van der Waals surface area contributed by atoms with Crippen molar-refractivity contribution in [2.24, 2.45) is 0 Å². The third kappa shape index (κ3) is 12.7. The highest BCUT2D eigenvalue weighted by Gasteiger charge is 2.10. The molecule has 1 rings (SSSR count). The molecule has 0 saturated carbocycles. The molecule has 0 aliphatic heterocycles. The number of aromatic hydroxyl groups is 3. The van der Waals surface area contributed by atoms with E-state index in [1.165, 1.54) is 109 Å². The van der Waals surface area contributed by atoms with Crippen LogP contribution in [0.15, 0.2) is 12.1 Å². The number of phenolic OH excluding ortho intramolecular Hbond substituents is 3. The van der Waals surface area contributed by atoms with Gasteiger partial charge in [-0.05, 0) is 24.5 Å². The van der Waals surface area contributed by atoms with Gasteiger partial charge in [0.15, 0.2) is 11.5 Å². The normalized spacial score (nSPS) is 11.2. The third-order valence-electron chi connectivity index (χ3n) is 6.01. The van der Waals surface area contributed by atoms with Crippen molar-refractivity contribution in [1.29, 1.82) is 0 Å². The summed E-state index contributed by atoms with van der Waals surface area (Å²) in [7, 11) is 0. The maximum Gasteiger partial charge on any atom is 0.200 e. The summed E-state index contributed by atoms with van der Waals surface area (Å²) in [5, 5.41) is 28.7. The Hall–Kier alpha value is -1.38. The van der Waals surface area contributed by atoms with Crippen molar-refractivity contribution in [3.05, 3.63) is 17.7 Å². The van der Waals surface area contributed by atoms with E-state index in [9.17, 15) is 15.3 Å². The molecule has 1 aromatic rings. The predicted molar refractivity (Wildman–Crippen MR) is 124 cm³/mol. The monoisotopic (exact) mass is 406 g/mol. The van der Waals surface area contributed by atoms with E-state index < -0.39 is 5.75 Å². The molecule has 0 aliphatic rings. The highest BCUT2D eigenvalue weighted by atomic mass is 16.3. The molecule has 1 aromatic carbocycles. The van der Waals surface area contributed by atoms with Gasteiger partial charge in [-0.3, -0.25) is 0 Å². The Morgan fingerprint density at radius 2 is 0.862 bits per heavy atom. The lowest BCUT2D eigenvalue weighted by Crippen LogP contribution is -1.88. The Labute approximate surface area is 179 Å². The van der Waals surface area contributed by atoms with E-state index in [1.807, 2.05) is 0 Å². The van der Waals surface area contributed by atoms with E-state index >= 15 is 0 Å². The van der Waals surface area contributed by atoms with Gasteiger partial charge in [-0.2, -0.15) is 0 Å². The van der Waals surface area contributed by atoms with Gasteiger partial charge in [0.1, 0.15) is 0 Å². The van der Waals surface area contributed by atoms with E-state index in [-0.39, 0.29) is 11.5 Å². The topological polar surface area (TPSA) is 60.7 Å². The zero-order valence-corrected chi connectivity index (χ0v) is 18.9. The van der Waals surface area contributed by atoms with E-state index in [1.54, 1.807) is 6.07 Å². The second-order valence-electron chi connectivity index (χ2n) is 8.70. The van der Waals surface area contributed by atoms with Crippen LogP contribution in [0.1, 0.15) is 128 Å². The van der Waals surface area contributed by atoms with Crippen molar-refractivity contribution < 1.29 is 15.3 Å². The van der Waals surface area contributed by atoms with Crippen molar-refractivity contribution in [2.75, 3.05) is 0 Å². The van der Waals surface area contributed by atoms with Crippen LogP contribution in [0.2, 0.25) is 0 Å². The Morgan fingerprint density at radius 1 is 0.483 bits per heavy atom. The standard InChI is InChI=1S/C26H46O3/c1-2-3-4-5-6-7-8-9-10-11-12-13-14-15-16-17-18-19-20-23-21-22-24(27)26(29)25(23)28/h21-22,27-29H,2-20H2,1H3. The molecule has 29 heavy (non-hydrogen) atoms. The largest absolute Gasteiger partial charge is 0.504 e. The SMILES string of the molecule is CCCCCCCCCCCCCCCCCCCCc1ccc(O)c(O)c1O. The smallest absolute Gasteiger partial charge is 0.200 e. The zero-order chi connectivity index (χ0) is 21.2. The van der Waals surface area contributed by atoms with Crippen molar-refractivity contribution in [3.63, 3.8) is 0 Å². The summed E-state index contributed by atoms with van der Waals surface area (Å²) in [6, 6.07) is 3.14. The number of phenols is 3. The molecule has 3 nitrogen and oxygen atoms in total. The zero-order valence-electron chi connectivity index (χ0n) is 18.9. The molecule has 0 bridgehead atoms. The Kier molecular flexibility index (Phi) is 15.5. The van der Waals surface area contributed by atoms with E-state index in [4.69, 9.17) is 0 Å². The number of aryl methyl sites for hydroxylation is 1. The first-order valence-corrected chi connectivity index (χ1v) is 12.4. The van der Waals surface area contributed by atoms with Crippen LogP contribution in [0.5, 0.6) is 17.2 Å². The molecule has 0 unspecified atom stereocenters. The molecule has 3 N–H and O–H groups in total. The summed E-state index contributed by atoms with van der Waals surface area (Å²) in [6.07, 6.45) is 25.2. The molecule has 0 spiro atoms. The highest BCUT2D eigenvalue weighted by molar-refractivity contribution is 5.53. The summed E-state index contributed by atoms with van der Waals surface area (Å²) in [6.45, 7) is 2.28. The lowest BCUT2D eigenvalue weighted by molar-refractivity contribution is 0.364. The highest BCUT2D eigenvalue weighted by Crippen LogP contribution is 2.37. The average Bonchev–Trinajstić information content (AvgIpc) is 2.72. The number of hydrogen-bond acceptors (Lipinski definition) is 3. The van der Waals surface area contributed by atoms with Gasteiger partial charge in [-0.1, -0.05) is 122 Å². The summed E-state index contributed by atoms with van der Waals surface area (Å²) >= 11 is 0. The van der Waals surface area contributed by atoms with Crippen molar-refractivity contribution in [2.45, 2.75) is 129 Å². The van der Waals surface area contributed by atoms with Crippen LogP contribution in [0.25, 0.3) is 0 Å². The van der Waals surface area contributed by atoms with Gasteiger partial charge in [-0.15, -0.1) is 0 Å². The molecular formula is C26H46O3. The van der Waals surface area contributed by atoms with Gasteiger partial charge in [0, 0.05) is 0 Å². The van der Waals surface area contributed by atoms with Crippen LogP contribution < -0.4 is 0 Å². The van der Waals surface area contributed by atoms with Gasteiger partial charge in [0.05, 0.1) is 0 Å². The first kappa shape index (κ1) is 25.7. The third-order valence-corrected chi connectivity index (χ3v) is 6.01. The number of hydrogen-bond donors (Lipinski definition) is 3. The van der Waals surface area contributed by atoms with Gasteiger partial charge in [-0.25, -0.2) is 0 Å². The minimum Gasteiger partial charge on any atom is -0.504 e. The van der Waals surface area contributed by atoms with E-state index in [0.717, 1.165) is 24.8 Å². The van der Waals surface area contributed by atoms with Crippen molar-refractivity contribution in [3.8, 4) is 17.2 Å². The van der Waals surface area contributed by atoms with Gasteiger partial charge in [0.2, 0.25) is 5.75 Å².